The lowest BCUT2D eigenvalue weighted by molar-refractivity contribution is 0.0951. The average Bonchev–Trinajstić information content (AvgIpc) is 3.23. The number of carbonyl (C=O) groups is 1. The first-order chi connectivity index (χ1) is 11.8. The Morgan fingerprint density at radius 3 is 3.04 bits per heavy atom. The molecule has 0 atom stereocenters. The van der Waals surface area contributed by atoms with Crippen molar-refractivity contribution in [3.05, 3.63) is 52.5 Å². The van der Waals surface area contributed by atoms with Crippen molar-refractivity contribution in [2.24, 2.45) is 0 Å². The third-order valence-corrected chi connectivity index (χ3v) is 4.89. The predicted octanol–water partition coefficient (Wildman–Crippen LogP) is 0.736. The van der Waals surface area contributed by atoms with Crippen LogP contribution in [0.1, 0.15) is 26.3 Å². The number of nitrogens with zero attached hydrogens (tertiary/aromatic N) is 5. The number of benzene rings is 1. The Morgan fingerprint density at radius 1 is 1.38 bits per heavy atom. The zero-order valence-corrected chi connectivity index (χ0v) is 13.5. The molecular formula is C15H15N7OS. The summed E-state index contributed by atoms with van der Waals surface area (Å²) in [4.78, 5) is 16.2. The van der Waals surface area contributed by atoms with Crippen molar-refractivity contribution in [3.8, 4) is 5.69 Å². The van der Waals surface area contributed by atoms with Crippen LogP contribution in [0.15, 0.2) is 36.9 Å². The van der Waals surface area contributed by atoms with E-state index in [1.54, 1.807) is 34.5 Å². The van der Waals surface area contributed by atoms with Crippen molar-refractivity contribution in [1.82, 2.24) is 35.6 Å². The molecule has 0 bridgehead atoms. The van der Waals surface area contributed by atoms with E-state index in [4.69, 9.17) is 0 Å². The number of rotatable bonds is 5. The van der Waals surface area contributed by atoms with Gasteiger partial charge in [-0.2, -0.15) is 5.10 Å². The van der Waals surface area contributed by atoms with Gasteiger partial charge >= 0.3 is 0 Å². The summed E-state index contributed by atoms with van der Waals surface area (Å²) in [7, 11) is 0. The van der Waals surface area contributed by atoms with Gasteiger partial charge in [0.2, 0.25) is 0 Å². The Morgan fingerprint density at radius 2 is 2.29 bits per heavy atom. The molecule has 2 aromatic heterocycles. The van der Waals surface area contributed by atoms with Crippen molar-refractivity contribution in [3.63, 3.8) is 0 Å². The summed E-state index contributed by atoms with van der Waals surface area (Å²) in [5.41, 5.74) is 1.35. The van der Waals surface area contributed by atoms with Gasteiger partial charge in [-0.1, -0.05) is 17.4 Å². The van der Waals surface area contributed by atoms with Gasteiger partial charge in [0.1, 0.15) is 22.7 Å². The maximum Gasteiger partial charge on any atom is 0.251 e. The summed E-state index contributed by atoms with van der Waals surface area (Å²) in [6.07, 6.45) is 3.05. The second-order valence-corrected chi connectivity index (χ2v) is 6.56. The molecule has 2 N–H and O–H groups in total. The van der Waals surface area contributed by atoms with Gasteiger partial charge < -0.3 is 10.6 Å². The van der Waals surface area contributed by atoms with Gasteiger partial charge in [-0.25, -0.2) is 9.67 Å². The molecule has 0 aliphatic carbocycles. The van der Waals surface area contributed by atoms with Gasteiger partial charge in [0.05, 0.1) is 12.2 Å². The van der Waals surface area contributed by atoms with Crippen molar-refractivity contribution in [1.29, 1.82) is 0 Å². The van der Waals surface area contributed by atoms with Crippen LogP contribution in [0.25, 0.3) is 5.69 Å². The highest BCUT2D eigenvalue weighted by Gasteiger charge is 2.23. The largest absolute Gasteiger partial charge is 0.345 e. The molecule has 0 unspecified atom stereocenters. The minimum Gasteiger partial charge on any atom is -0.345 e. The highest BCUT2D eigenvalue weighted by atomic mass is 32.1. The molecule has 1 amide bonds. The topological polar surface area (TPSA) is 97.6 Å². The van der Waals surface area contributed by atoms with E-state index in [1.807, 2.05) is 12.1 Å². The first-order valence-corrected chi connectivity index (χ1v) is 8.37. The summed E-state index contributed by atoms with van der Waals surface area (Å²) >= 11 is 1.56. The van der Waals surface area contributed by atoms with E-state index in [9.17, 15) is 4.79 Å². The van der Waals surface area contributed by atoms with Crippen LogP contribution in [0.3, 0.4) is 0 Å². The SMILES string of the molecule is O=C(NCc1nnc(C2CNC2)s1)c1cccc(-n2cncn2)c1. The smallest absolute Gasteiger partial charge is 0.251 e. The van der Waals surface area contributed by atoms with Crippen molar-refractivity contribution in [2.45, 2.75) is 12.5 Å². The van der Waals surface area contributed by atoms with Crippen LogP contribution in [0.5, 0.6) is 0 Å². The Balaban J connectivity index is 1.41. The number of carbonyl (C=O) groups excluding carboxylic acids is 1. The van der Waals surface area contributed by atoms with Crippen LogP contribution in [-0.4, -0.2) is 44.0 Å². The Bertz CT molecular complexity index is 841. The van der Waals surface area contributed by atoms with Crippen LogP contribution < -0.4 is 10.6 Å². The van der Waals surface area contributed by atoms with Crippen molar-refractivity contribution >= 4 is 17.2 Å². The minimum atomic E-state index is -0.154. The molecule has 1 aliphatic heterocycles. The number of hydrogen-bond donors (Lipinski definition) is 2. The van der Waals surface area contributed by atoms with E-state index in [0.29, 0.717) is 18.0 Å². The van der Waals surface area contributed by atoms with E-state index in [2.05, 4.69) is 30.9 Å². The first-order valence-electron chi connectivity index (χ1n) is 7.56. The lowest BCUT2D eigenvalue weighted by Gasteiger charge is -2.23. The Labute approximate surface area is 142 Å². The number of aromatic nitrogens is 5. The fourth-order valence-corrected chi connectivity index (χ4v) is 3.24. The molecule has 4 rings (SSSR count). The molecule has 8 nitrogen and oxygen atoms in total. The molecule has 0 radical (unpaired) electrons. The molecule has 122 valence electrons. The van der Waals surface area contributed by atoms with E-state index in [0.717, 1.165) is 28.8 Å². The van der Waals surface area contributed by atoms with E-state index in [-0.39, 0.29) is 5.91 Å². The van der Waals surface area contributed by atoms with Crippen LogP contribution in [0.4, 0.5) is 0 Å². The van der Waals surface area contributed by atoms with Crippen molar-refractivity contribution < 1.29 is 4.79 Å². The molecule has 9 heteroatoms. The third kappa shape index (κ3) is 3.03. The van der Waals surface area contributed by atoms with Gasteiger partial charge in [-0.05, 0) is 18.2 Å². The number of nitrogens with one attached hydrogen (secondary N) is 2. The van der Waals surface area contributed by atoms with Gasteiger partial charge in [0.15, 0.2) is 0 Å². The third-order valence-electron chi connectivity index (χ3n) is 3.80. The molecular weight excluding hydrogens is 326 g/mol. The summed E-state index contributed by atoms with van der Waals surface area (Å²) in [5.74, 6) is 0.310. The molecule has 24 heavy (non-hydrogen) atoms. The summed E-state index contributed by atoms with van der Waals surface area (Å²) in [6, 6.07) is 7.23. The molecule has 0 spiro atoms. The lowest BCUT2D eigenvalue weighted by atomic mass is 10.1. The monoisotopic (exact) mass is 341 g/mol. The second-order valence-electron chi connectivity index (χ2n) is 5.46. The Kier molecular flexibility index (Phi) is 4.01. The predicted molar refractivity (Wildman–Crippen MR) is 88.0 cm³/mol. The first kappa shape index (κ1) is 14.9. The maximum atomic E-state index is 12.3. The normalized spacial score (nSPS) is 14.3. The van der Waals surface area contributed by atoms with Crippen LogP contribution in [0, 0.1) is 0 Å². The molecule has 0 saturated carbocycles. The highest BCUT2D eigenvalue weighted by Crippen LogP contribution is 2.23. The fraction of sp³-hybridized carbons (Fsp3) is 0.267. The van der Waals surface area contributed by atoms with Gasteiger partial charge in [-0.15, -0.1) is 10.2 Å². The van der Waals surface area contributed by atoms with Gasteiger partial charge in [0.25, 0.3) is 5.91 Å². The fourth-order valence-electron chi connectivity index (χ4n) is 2.36. The molecule has 1 saturated heterocycles. The molecule has 1 aliphatic rings. The van der Waals surface area contributed by atoms with Crippen LogP contribution in [-0.2, 0) is 6.54 Å². The number of hydrogen-bond acceptors (Lipinski definition) is 7. The molecule has 1 aromatic carbocycles. The molecule has 3 aromatic rings. The van der Waals surface area contributed by atoms with Gasteiger partial charge in [0, 0.05) is 24.6 Å². The van der Waals surface area contributed by atoms with E-state index >= 15 is 0 Å². The minimum absolute atomic E-state index is 0.154. The maximum absolute atomic E-state index is 12.3. The highest BCUT2D eigenvalue weighted by molar-refractivity contribution is 7.11. The molecule has 3 heterocycles. The lowest BCUT2D eigenvalue weighted by Crippen LogP contribution is -2.39. The van der Waals surface area contributed by atoms with E-state index < -0.39 is 0 Å². The van der Waals surface area contributed by atoms with Crippen LogP contribution >= 0.6 is 11.3 Å². The summed E-state index contributed by atoms with van der Waals surface area (Å²) in [6.45, 7) is 2.29. The summed E-state index contributed by atoms with van der Waals surface area (Å²) < 4.78 is 1.61. The van der Waals surface area contributed by atoms with E-state index in [1.165, 1.54) is 6.33 Å². The molecule has 1 fully saturated rings. The Hall–Kier alpha value is -2.65. The zero-order valence-electron chi connectivity index (χ0n) is 12.7. The summed E-state index contributed by atoms with van der Waals surface area (Å²) in [5, 5.41) is 20.4. The zero-order chi connectivity index (χ0) is 16.4. The van der Waals surface area contributed by atoms with Crippen molar-refractivity contribution in [2.75, 3.05) is 13.1 Å². The van der Waals surface area contributed by atoms with Gasteiger partial charge in [-0.3, -0.25) is 4.79 Å². The van der Waals surface area contributed by atoms with Crippen LogP contribution in [0.2, 0.25) is 0 Å². The number of amides is 1. The standard InChI is InChI=1S/C15H15N7OS/c23-14(10-2-1-3-12(4-10)22-9-17-8-19-22)18-7-13-20-21-15(24-13)11-5-16-6-11/h1-4,8-9,11,16H,5-7H2,(H,18,23). The quantitative estimate of drug-likeness (QED) is 0.710. The average molecular weight is 341 g/mol. The second kappa shape index (κ2) is 6.46.